The molecule has 1 N–H and O–H groups in total. The summed E-state index contributed by atoms with van der Waals surface area (Å²) in [4.78, 5) is 0. The Hall–Kier alpha value is -1.09. The van der Waals surface area contributed by atoms with E-state index in [1.807, 2.05) is 6.92 Å². The zero-order valence-corrected chi connectivity index (χ0v) is 7.60. The molecule has 0 aliphatic heterocycles. The Labute approximate surface area is 76.8 Å². The van der Waals surface area contributed by atoms with Crippen LogP contribution in [0.5, 0.6) is 5.75 Å². The molecule has 1 aromatic carbocycles. The molecule has 0 radical (unpaired) electrons. The van der Waals surface area contributed by atoms with Gasteiger partial charge in [-0.25, -0.2) is 0 Å². The topological polar surface area (TPSA) is 29.5 Å². The van der Waals surface area contributed by atoms with Gasteiger partial charge >= 0.3 is 0 Å². The summed E-state index contributed by atoms with van der Waals surface area (Å²) in [5, 5.41) is 9.68. The van der Waals surface area contributed by atoms with Crippen molar-refractivity contribution in [1.82, 2.24) is 0 Å². The van der Waals surface area contributed by atoms with Gasteiger partial charge in [-0.3, -0.25) is 0 Å². The first-order chi connectivity index (χ1) is 5.75. The minimum atomic E-state index is 0.163. The third-order valence-corrected chi connectivity index (χ3v) is 1.74. The molecule has 0 heterocycles. The van der Waals surface area contributed by atoms with E-state index in [4.69, 9.17) is 17.0 Å². The third-order valence-electron chi connectivity index (χ3n) is 1.40. The van der Waals surface area contributed by atoms with Crippen LogP contribution in [-0.2, 0) is 4.74 Å². The van der Waals surface area contributed by atoms with Crippen LogP contribution in [-0.4, -0.2) is 16.8 Å². The molecule has 0 spiro atoms. The summed E-state index contributed by atoms with van der Waals surface area (Å²) in [6.07, 6.45) is 0. The molecule has 2 nitrogen and oxygen atoms in total. The van der Waals surface area contributed by atoms with Gasteiger partial charge in [0.2, 0.25) is 0 Å². The van der Waals surface area contributed by atoms with Crippen molar-refractivity contribution in [3.8, 4) is 5.75 Å². The smallest absolute Gasteiger partial charge is 0.194 e. The molecule has 12 heavy (non-hydrogen) atoms. The maximum Gasteiger partial charge on any atom is 0.194 e. The first kappa shape index (κ1) is 9.00. The van der Waals surface area contributed by atoms with E-state index in [0.717, 1.165) is 0 Å². The quantitative estimate of drug-likeness (QED) is 0.710. The van der Waals surface area contributed by atoms with Gasteiger partial charge in [-0.2, -0.15) is 0 Å². The van der Waals surface area contributed by atoms with E-state index < -0.39 is 0 Å². The monoisotopic (exact) mass is 182 g/mol. The Morgan fingerprint density at radius 3 is 2.75 bits per heavy atom. The number of phenolic OH excluding ortho intramolecular Hbond substituents is 1. The average molecular weight is 182 g/mol. The van der Waals surface area contributed by atoms with E-state index in [1.165, 1.54) is 0 Å². The first-order valence-corrected chi connectivity index (χ1v) is 4.11. The van der Waals surface area contributed by atoms with Crippen molar-refractivity contribution in [2.24, 2.45) is 0 Å². The summed E-state index contributed by atoms with van der Waals surface area (Å²) in [7, 11) is 0. The average Bonchev–Trinajstić information content (AvgIpc) is 2.05. The highest BCUT2D eigenvalue weighted by Crippen LogP contribution is 2.16. The van der Waals surface area contributed by atoms with Gasteiger partial charge in [0.15, 0.2) is 5.05 Å². The number of ether oxygens (including phenoxy) is 1. The summed E-state index contributed by atoms with van der Waals surface area (Å²) < 4.78 is 5.08. The van der Waals surface area contributed by atoms with Gasteiger partial charge in [0.1, 0.15) is 5.75 Å². The largest absolute Gasteiger partial charge is 0.507 e. The van der Waals surface area contributed by atoms with E-state index in [2.05, 4.69) is 0 Å². The van der Waals surface area contributed by atoms with Crippen LogP contribution in [0.4, 0.5) is 0 Å². The highest BCUT2D eigenvalue weighted by Gasteiger charge is 2.05. The fourth-order valence-corrected chi connectivity index (χ4v) is 1.15. The molecule has 0 saturated heterocycles. The van der Waals surface area contributed by atoms with Gasteiger partial charge in [0, 0.05) is 0 Å². The Kier molecular flexibility index (Phi) is 3.05. The zero-order valence-electron chi connectivity index (χ0n) is 6.78. The number of aromatic hydroxyl groups is 1. The lowest BCUT2D eigenvalue weighted by atomic mass is 10.2. The minimum Gasteiger partial charge on any atom is -0.507 e. The molecule has 64 valence electrons. The number of hydrogen-bond donors (Lipinski definition) is 1. The van der Waals surface area contributed by atoms with E-state index >= 15 is 0 Å². The predicted molar refractivity (Wildman–Crippen MR) is 51.4 cm³/mol. The number of rotatable bonds is 2. The van der Waals surface area contributed by atoms with Crippen LogP contribution in [0.15, 0.2) is 24.3 Å². The Morgan fingerprint density at radius 2 is 2.17 bits per heavy atom. The molecular formula is C9H10O2S. The minimum absolute atomic E-state index is 0.163. The number of hydrogen-bond acceptors (Lipinski definition) is 3. The summed E-state index contributed by atoms with van der Waals surface area (Å²) in [5.74, 6) is 0.163. The lowest BCUT2D eigenvalue weighted by molar-refractivity contribution is 0.336. The van der Waals surface area contributed by atoms with Crippen LogP contribution >= 0.6 is 12.2 Å². The number of thiocarbonyl (C=S) groups is 1. The van der Waals surface area contributed by atoms with Gasteiger partial charge in [0.05, 0.1) is 12.2 Å². The molecule has 0 fully saturated rings. The molecule has 3 heteroatoms. The Morgan fingerprint density at radius 1 is 1.50 bits per heavy atom. The van der Waals surface area contributed by atoms with Gasteiger partial charge in [-0.05, 0) is 31.3 Å². The standard InChI is InChI=1S/C9H10O2S/c1-2-11-9(12)7-5-3-4-6-8(7)10/h3-6,10H,2H2,1H3. The summed E-state index contributed by atoms with van der Waals surface area (Å²) in [6, 6.07) is 6.86. The fraction of sp³-hybridized carbons (Fsp3) is 0.222. The first-order valence-electron chi connectivity index (χ1n) is 3.70. The second-order valence-electron chi connectivity index (χ2n) is 2.24. The highest BCUT2D eigenvalue weighted by molar-refractivity contribution is 7.80. The zero-order chi connectivity index (χ0) is 8.97. The second kappa shape index (κ2) is 4.07. The maximum absolute atomic E-state index is 9.34. The molecule has 0 unspecified atom stereocenters. The summed E-state index contributed by atoms with van der Waals surface area (Å²) in [6.45, 7) is 2.37. The molecule has 0 atom stereocenters. The summed E-state index contributed by atoms with van der Waals surface area (Å²) >= 11 is 4.92. The van der Waals surface area contributed by atoms with Crippen LogP contribution in [0.2, 0.25) is 0 Å². The Bertz CT molecular complexity index is 284. The van der Waals surface area contributed by atoms with Gasteiger partial charge in [-0.1, -0.05) is 12.1 Å². The van der Waals surface area contributed by atoms with E-state index in [0.29, 0.717) is 17.2 Å². The SMILES string of the molecule is CCOC(=S)c1ccccc1O. The molecule has 0 aliphatic carbocycles. The van der Waals surface area contributed by atoms with Crippen molar-refractivity contribution in [3.63, 3.8) is 0 Å². The van der Waals surface area contributed by atoms with Crippen molar-refractivity contribution >= 4 is 17.3 Å². The van der Waals surface area contributed by atoms with E-state index in [-0.39, 0.29) is 5.75 Å². The molecule has 1 aromatic rings. The van der Waals surface area contributed by atoms with Crippen molar-refractivity contribution in [2.75, 3.05) is 6.61 Å². The molecule has 0 bridgehead atoms. The molecule has 0 amide bonds. The van der Waals surface area contributed by atoms with Crippen LogP contribution < -0.4 is 0 Å². The van der Waals surface area contributed by atoms with Gasteiger partial charge in [0.25, 0.3) is 0 Å². The van der Waals surface area contributed by atoms with Crippen LogP contribution in [0, 0.1) is 0 Å². The fourth-order valence-electron chi connectivity index (χ4n) is 0.855. The van der Waals surface area contributed by atoms with Crippen LogP contribution in [0.3, 0.4) is 0 Å². The van der Waals surface area contributed by atoms with Gasteiger partial charge < -0.3 is 9.84 Å². The lowest BCUT2D eigenvalue weighted by Crippen LogP contribution is -2.02. The lowest BCUT2D eigenvalue weighted by Gasteiger charge is -2.05. The van der Waals surface area contributed by atoms with E-state index in [1.54, 1.807) is 24.3 Å². The number of phenols is 1. The molecule has 0 aromatic heterocycles. The number of benzene rings is 1. The molecular weight excluding hydrogens is 172 g/mol. The highest BCUT2D eigenvalue weighted by atomic mass is 32.1. The van der Waals surface area contributed by atoms with Crippen molar-refractivity contribution < 1.29 is 9.84 Å². The van der Waals surface area contributed by atoms with Gasteiger partial charge in [-0.15, -0.1) is 0 Å². The van der Waals surface area contributed by atoms with E-state index in [9.17, 15) is 5.11 Å². The third kappa shape index (κ3) is 1.95. The second-order valence-corrected chi connectivity index (χ2v) is 2.61. The van der Waals surface area contributed by atoms with Crippen LogP contribution in [0.25, 0.3) is 0 Å². The number of para-hydroxylation sites is 1. The predicted octanol–water partition coefficient (Wildman–Crippen LogP) is 2.10. The van der Waals surface area contributed by atoms with Crippen molar-refractivity contribution in [2.45, 2.75) is 6.92 Å². The van der Waals surface area contributed by atoms with Crippen molar-refractivity contribution in [1.29, 1.82) is 0 Å². The molecule has 0 aliphatic rings. The molecule has 1 rings (SSSR count). The van der Waals surface area contributed by atoms with Crippen molar-refractivity contribution in [3.05, 3.63) is 29.8 Å². The van der Waals surface area contributed by atoms with Crippen LogP contribution in [0.1, 0.15) is 12.5 Å². The Balaban J connectivity index is 2.87. The maximum atomic E-state index is 9.34. The normalized spacial score (nSPS) is 9.42. The molecule has 0 saturated carbocycles. The summed E-state index contributed by atoms with van der Waals surface area (Å²) in [5.41, 5.74) is 0.578.